The third kappa shape index (κ3) is 3.28. The summed E-state index contributed by atoms with van der Waals surface area (Å²) in [5.41, 5.74) is 0.0888. The molecule has 0 amide bonds. The Morgan fingerprint density at radius 2 is 1.95 bits per heavy atom. The Hall–Kier alpha value is -2.43. The Morgan fingerprint density at radius 3 is 2.58 bits per heavy atom. The zero-order valence-corrected chi connectivity index (χ0v) is 9.88. The molecular formula is C14H11FO4. The van der Waals surface area contributed by atoms with E-state index >= 15 is 0 Å². The van der Waals surface area contributed by atoms with Crippen LogP contribution in [0.5, 0.6) is 5.75 Å². The summed E-state index contributed by atoms with van der Waals surface area (Å²) in [6.07, 6.45) is 4.67. The molecule has 98 valence electrons. The summed E-state index contributed by atoms with van der Waals surface area (Å²) in [6, 6.07) is 5.47. The average molecular weight is 262 g/mol. The monoisotopic (exact) mass is 262 g/mol. The van der Waals surface area contributed by atoms with Gasteiger partial charge in [-0.3, -0.25) is 4.79 Å². The molecular weight excluding hydrogens is 251 g/mol. The SMILES string of the molecule is O=C(O)C(=O)C1=CC(Oc2ccc(F)cc2)CC=C1. The lowest BCUT2D eigenvalue weighted by Gasteiger charge is -2.17. The standard InChI is InChI=1S/C14H11FO4/c15-10-4-6-11(7-5-10)19-12-3-1-2-9(8-12)13(16)14(17)18/h1-2,4-8,12H,3H2,(H,17,18). The fourth-order valence-electron chi connectivity index (χ4n) is 1.70. The zero-order chi connectivity index (χ0) is 13.8. The number of hydrogen-bond acceptors (Lipinski definition) is 3. The topological polar surface area (TPSA) is 63.6 Å². The van der Waals surface area contributed by atoms with E-state index < -0.39 is 17.9 Å². The number of carbonyl (C=O) groups excluding carboxylic acids is 1. The molecule has 0 spiro atoms. The highest BCUT2D eigenvalue weighted by Crippen LogP contribution is 2.19. The van der Waals surface area contributed by atoms with Gasteiger partial charge in [-0.05, 0) is 30.3 Å². The Kier molecular flexibility index (Phi) is 3.75. The number of ketones is 1. The Labute approximate surface area is 108 Å². The maximum atomic E-state index is 12.7. The van der Waals surface area contributed by atoms with Crippen LogP contribution in [0.3, 0.4) is 0 Å². The third-order valence-electron chi connectivity index (χ3n) is 2.59. The van der Waals surface area contributed by atoms with Crippen molar-refractivity contribution < 1.29 is 23.8 Å². The Bertz CT molecular complexity index is 557. The van der Waals surface area contributed by atoms with Gasteiger partial charge in [-0.25, -0.2) is 9.18 Å². The van der Waals surface area contributed by atoms with Crippen molar-refractivity contribution in [2.75, 3.05) is 0 Å². The summed E-state index contributed by atoms with van der Waals surface area (Å²) in [5.74, 6) is -2.38. The van der Waals surface area contributed by atoms with Gasteiger partial charge < -0.3 is 9.84 Å². The molecule has 1 N–H and O–H groups in total. The molecule has 0 radical (unpaired) electrons. The maximum Gasteiger partial charge on any atom is 0.377 e. The molecule has 1 aromatic carbocycles. The number of halogens is 1. The highest BCUT2D eigenvalue weighted by molar-refractivity contribution is 6.40. The van der Waals surface area contributed by atoms with E-state index in [1.807, 2.05) is 0 Å². The number of rotatable bonds is 4. The summed E-state index contributed by atoms with van der Waals surface area (Å²) in [4.78, 5) is 21.9. The second-order valence-corrected chi connectivity index (χ2v) is 4.00. The van der Waals surface area contributed by atoms with E-state index in [-0.39, 0.29) is 11.4 Å². The minimum atomic E-state index is -1.50. The van der Waals surface area contributed by atoms with Crippen molar-refractivity contribution in [3.63, 3.8) is 0 Å². The molecule has 1 aliphatic carbocycles. The molecule has 2 rings (SSSR count). The fraction of sp³-hybridized carbons (Fsp3) is 0.143. The number of carboxylic acid groups (broad SMARTS) is 1. The molecule has 1 atom stereocenters. The molecule has 0 saturated carbocycles. The minimum Gasteiger partial charge on any atom is -0.486 e. The quantitative estimate of drug-likeness (QED) is 0.844. The Morgan fingerprint density at radius 1 is 1.26 bits per heavy atom. The largest absolute Gasteiger partial charge is 0.486 e. The summed E-state index contributed by atoms with van der Waals surface area (Å²) in [7, 11) is 0. The van der Waals surface area contributed by atoms with E-state index in [1.54, 1.807) is 6.08 Å². The molecule has 1 aromatic rings. The maximum absolute atomic E-state index is 12.7. The summed E-state index contributed by atoms with van der Waals surface area (Å²) in [5, 5.41) is 8.63. The van der Waals surface area contributed by atoms with Gasteiger partial charge in [0.15, 0.2) is 0 Å². The van der Waals surface area contributed by atoms with Crippen molar-refractivity contribution in [1.29, 1.82) is 0 Å². The first-order valence-corrected chi connectivity index (χ1v) is 5.64. The normalized spacial score (nSPS) is 17.7. The summed E-state index contributed by atoms with van der Waals surface area (Å²) in [6.45, 7) is 0. The van der Waals surface area contributed by atoms with Crippen LogP contribution < -0.4 is 4.74 Å². The molecule has 0 saturated heterocycles. The molecule has 4 nitrogen and oxygen atoms in total. The number of hydrogen-bond donors (Lipinski definition) is 1. The van der Waals surface area contributed by atoms with E-state index in [0.717, 1.165) is 0 Å². The van der Waals surface area contributed by atoms with Crippen molar-refractivity contribution in [2.45, 2.75) is 12.5 Å². The predicted molar refractivity (Wildman–Crippen MR) is 65.3 cm³/mol. The second-order valence-electron chi connectivity index (χ2n) is 4.00. The predicted octanol–water partition coefficient (Wildman–Crippen LogP) is 2.11. The van der Waals surface area contributed by atoms with E-state index in [9.17, 15) is 14.0 Å². The minimum absolute atomic E-state index is 0.0888. The van der Waals surface area contributed by atoms with Gasteiger partial charge in [-0.2, -0.15) is 0 Å². The fourth-order valence-corrected chi connectivity index (χ4v) is 1.70. The number of carboxylic acids is 1. The van der Waals surface area contributed by atoms with Crippen LogP contribution in [0.15, 0.2) is 48.1 Å². The first-order chi connectivity index (χ1) is 9.06. The Balaban J connectivity index is 2.10. The van der Waals surface area contributed by atoms with Crippen LogP contribution in [0.4, 0.5) is 4.39 Å². The first kappa shape index (κ1) is 13.0. The number of benzene rings is 1. The molecule has 1 aliphatic rings. The number of aliphatic carboxylic acids is 1. The molecule has 0 heterocycles. The van der Waals surface area contributed by atoms with Gasteiger partial charge in [0.25, 0.3) is 5.78 Å². The molecule has 19 heavy (non-hydrogen) atoms. The van der Waals surface area contributed by atoms with Crippen LogP contribution in [-0.2, 0) is 9.59 Å². The molecule has 0 bridgehead atoms. The van der Waals surface area contributed by atoms with Gasteiger partial charge in [0.1, 0.15) is 17.7 Å². The van der Waals surface area contributed by atoms with E-state index in [0.29, 0.717) is 12.2 Å². The van der Waals surface area contributed by atoms with Crippen LogP contribution in [0, 0.1) is 5.82 Å². The van der Waals surface area contributed by atoms with E-state index in [1.165, 1.54) is 36.4 Å². The first-order valence-electron chi connectivity index (χ1n) is 5.64. The molecule has 0 aliphatic heterocycles. The number of carbonyl (C=O) groups is 2. The van der Waals surface area contributed by atoms with Crippen molar-refractivity contribution >= 4 is 11.8 Å². The lowest BCUT2D eigenvalue weighted by Crippen LogP contribution is -2.21. The number of ether oxygens (including phenoxy) is 1. The highest BCUT2D eigenvalue weighted by Gasteiger charge is 2.20. The van der Waals surface area contributed by atoms with E-state index in [2.05, 4.69) is 0 Å². The van der Waals surface area contributed by atoms with Crippen molar-refractivity contribution in [3.05, 3.63) is 53.9 Å². The lowest BCUT2D eigenvalue weighted by atomic mass is 10.0. The van der Waals surface area contributed by atoms with Crippen molar-refractivity contribution in [1.82, 2.24) is 0 Å². The van der Waals surface area contributed by atoms with Gasteiger partial charge in [-0.15, -0.1) is 0 Å². The number of allylic oxidation sites excluding steroid dienone is 1. The smallest absolute Gasteiger partial charge is 0.377 e. The van der Waals surface area contributed by atoms with Crippen LogP contribution in [-0.4, -0.2) is 23.0 Å². The van der Waals surface area contributed by atoms with Crippen molar-refractivity contribution in [3.8, 4) is 5.75 Å². The van der Waals surface area contributed by atoms with Crippen LogP contribution in [0.1, 0.15) is 6.42 Å². The van der Waals surface area contributed by atoms with Crippen LogP contribution >= 0.6 is 0 Å². The van der Waals surface area contributed by atoms with Gasteiger partial charge in [0.2, 0.25) is 0 Å². The number of Topliss-reactive ketones (excluding diaryl/α,β-unsaturated/α-hetero) is 1. The van der Waals surface area contributed by atoms with Crippen LogP contribution in [0.25, 0.3) is 0 Å². The molecule has 0 fully saturated rings. The molecule has 1 unspecified atom stereocenters. The third-order valence-corrected chi connectivity index (χ3v) is 2.59. The second kappa shape index (κ2) is 5.48. The van der Waals surface area contributed by atoms with Crippen molar-refractivity contribution in [2.24, 2.45) is 0 Å². The molecule has 0 aromatic heterocycles. The average Bonchev–Trinajstić information content (AvgIpc) is 2.41. The van der Waals surface area contributed by atoms with E-state index in [4.69, 9.17) is 9.84 Å². The highest BCUT2D eigenvalue weighted by atomic mass is 19.1. The summed E-state index contributed by atoms with van der Waals surface area (Å²) >= 11 is 0. The van der Waals surface area contributed by atoms with Gasteiger partial charge in [0, 0.05) is 12.0 Å². The molecule has 5 heteroatoms. The zero-order valence-electron chi connectivity index (χ0n) is 9.88. The van der Waals surface area contributed by atoms with Gasteiger partial charge in [0.05, 0.1) is 0 Å². The van der Waals surface area contributed by atoms with Gasteiger partial charge in [-0.1, -0.05) is 12.2 Å². The lowest BCUT2D eigenvalue weighted by molar-refractivity contribution is -0.147. The van der Waals surface area contributed by atoms with Gasteiger partial charge >= 0.3 is 5.97 Å². The van der Waals surface area contributed by atoms with Crippen LogP contribution in [0.2, 0.25) is 0 Å². The summed E-state index contributed by atoms with van der Waals surface area (Å²) < 4.78 is 18.3.